The van der Waals surface area contributed by atoms with Crippen molar-refractivity contribution in [3.8, 4) is 0 Å². The van der Waals surface area contributed by atoms with E-state index < -0.39 is 0 Å². The maximum absolute atomic E-state index is 11.7. The highest BCUT2D eigenvalue weighted by Gasteiger charge is 2.35. The molecule has 1 aliphatic rings. The zero-order chi connectivity index (χ0) is 11.5. The first kappa shape index (κ1) is 10.9. The van der Waals surface area contributed by atoms with Gasteiger partial charge in [0.25, 0.3) is 0 Å². The minimum atomic E-state index is -0.318. The molecule has 2 rings (SSSR count). The summed E-state index contributed by atoms with van der Waals surface area (Å²) in [6, 6.07) is 9.15. The molecular weight excluding hydrogens is 202 g/mol. The fourth-order valence-electron chi connectivity index (χ4n) is 1.67. The maximum atomic E-state index is 11.7. The Balaban J connectivity index is 2.01. The van der Waals surface area contributed by atoms with Crippen LogP contribution in [0.4, 0.5) is 0 Å². The molecule has 1 aliphatic carbocycles. The highest BCUT2D eigenvalue weighted by Crippen LogP contribution is 2.36. The molecule has 0 radical (unpaired) electrons. The fourth-order valence-corrected chi connectivity index (χ4v) is 1.67. The molecule has 1 fully saturated rings. The summed E-state index contributed by atoms with van der Waals surface area (Å²) in [5, 5.41) is 12.1. The standard InChI is InChI=1S/C13H15NO2/c1-9-7-11(9)13(16)14-12(8-15)10-5-3-2-4-6-10/h2-6,11-12,15H,1,7-8H2,(H,14,16)/t11-,12+/m1/s1. The number of aliphatic hydroxyl groups is 1. The van der Waals surface area contributed by atoms with E-state index in [2.05, 4.69) is 11.9 Å². The van der Waals surface area contributed by atoms with Crippen LogP contribution in [0.2, 0.25) is 0 Å². The Bertz CT molecular complexity index is 400. The van der Waals surface area contributed by atoms with Crippen molar-refractivity contribution >= 4 is 5.91 Å². The lowest BCUT2D eigenvalue weighted by Crippen LogP contribution is -2.31. The Labute approximate surface area is 94.8 Å². The Morgan fingerprint density at radius 2 is 2.12 bits per heavy atom. The molecule has 3 nitrogen and oxygen atoms in total. The van der Waals surface area contributed by atoms with Crippen LogP contribution < -0.4 is 5.32 Å². The summed E-state index contributed by atoms with van der Waals surface area (Å²) in [5.41, 5.74) is 1.90. The zero-order valence-corrected chi connectivity index (χ0v) is 9.02. The smallest absolute Gasteiger partial charge is 0.228 e. The van der Waals surface area contributed by atoms with Crippen molar-refractivity contribution in [1.29, 1.82) is 0 Å². The lowest BCUT2D eigenvalue weighted by molar-refractivity contribution is -0.123. The average Bonchev–Trinajstić information content (AvgIpc) is 3.04. The van der Waals surface area contributed by atoms with E-state index in [1.165, 1.54) is 0 Å². The summed E-state index contributed by atoms with van der Waals surface area (Å²) in [6.07, 6.45) is 0.777. The van der Waals surface area contributed by atoms with Crippen molar-refractivity contribution in [1.82, 2.24) is 5.32 Å². The third kappa shape index (κ3) is 2.31. The number of carbonyl (C=O) groups excluding carboxylic acids is 1. The summed E-state index contributed by atoms with van der Waals surface area (Å²) >= 11 is 0. The Morgan fingerprint density at radius 1 is 1.50 bits per heavy atom. The number of hydrogen-bond acceptors (Lipinski definition) is 2. The summed E-state index contributed by atoms with van der Waals surface area (Å²) in [6.45, 7) is 3.66. The van der Waals surface area contributed by atoms with Gasteiger partial charge in [0.05, 0.1) is 18.6 Å². The molecule has 16 heavy (non-hydrogen) atoms. The largest absolute Gasteiger partial charge is 0.394 e. The van der Waals surface area contributed by atoms with E-state index in [9.17, 15) is 9.90 Å². The summed E-state index contributed by atoms with van der Waals surface area (Å²) in [4.78, 5) is 11.7. The average molecular weight is 217 g/mol. The first-order chi connectivity index (χ1) is 7.72. The van der Waals surface area contributed by atoms with Crippen LogP contribution in [0, 0.1) is 5.92 Å². The number of rotatable bonds is 4. The lowest BCUT2D eigenvalue weighted by Gasteiger charge is -2.16. The van der Waals surface area contributed by atoms with E-state index in [0.717, 1.165) is 17.6 Å². The highest BCUT2D eigenvalue weighted by atomic mass is 16.3. The van der Waals surface area contributed by atoms with E-state index in [4.69, 9.17) is 0 Å². The van der Waals surface area contributed by atoms with Gasteiger partial charge in [-0.05, 0) is 12.0 Å². The second-order valence-corrected chi connectivity index (χ2v) is 4.07. The molecule has 0 heterocycles. The molecule has 0 spiro atoms. The van der Waals surface area contributed by atoms with Gasteiger partial charge in [-0.1, -0.05) is 42.5 Å². The van der Waals surface area contributed by atoms with Gasteiger partial charge in [-0.15, -0.1) is 0 Å². The van der Waals surface area contributed by atoms with Crippen LogP contribution in [0.1, 0.15) is 18.0 Å². The molecular formula is C13H15NO2. The minimum Gasteiger partial charge on any atom is -0.394 e. The van der Waals surface area contributed by atoms with E-state index in [0.29, 0.717) is 0 Å². The predicted octanol–water partition coefficient (Wildman–Crippen LogP) is 1.41. The van der Waals surface area contributed by atoms with Gasteiger partial charge in [-0.3, -0.25) is 4.79 Å². The van der Waals surface area contributed by atoms with E-state index in [-0.39, 0.29) is 24.5 Å². The molecule has 1 aromatic rings. The molecule has 1 saturated carbocycles. The van der Waals surface area contributed by atoms with E-state index in [1.807, 2.05) is 30.3 Å². The number of nitrogens with one attached hydrogen (secondary N) is 1. The minimum absolute atomic E-state index is 0.0343. The molecule has 1 amide bonds. The van der Waals surface area contributed by atoms with E-state index >= 15 is 0 Å². The fraction of sp³-hybridized carbons (Fsp3) is 0.308. The van der Waals surface area contributed by atoms with Crippen LogP contribution in [0.5, 0.6) is 0 Å². The maximum Gasteiger partial charge on any atom is 0.228 e. The van der Waals surface area contributed by atoms with Crippen molar-refractivity contribution in [2.45, 2.75) is 12.5 Å². The number of benzene rings is 1. The molecule has 0 aliphatic heterocycles. The number of carbonyl (C=O) groups is 1. The zero-order valence-electron chi connectivity index (χ0n) is 9.02. The van der Waals surface area contributed by atoms with Gasteiger partial charge in [0.15, 0.2) is 0 Å². The van der Waals surface area contributed by atoms with Crippen molar-refractivity contribution in [2.24, 2.45) is 5.92 Å². The molecule has 84 valence electrons. The van der Waals surface area contributed by atoms with Crippen LogP contribution >= 0.6 is 0 Å². The van der Waals surface area contributed by atoms with Gasteiger partial charge in [0.2, 0.25) is 5.91 Å². The third-order valence-electron chi connectivity index (χ3n) is 2.82. The molecule has 0 bridgehead atoms. The van der Waals surface area contributed by atoms with Gasteiger partial charge >= 0.3 is 0 Å². The quantitative estimate of drug-likeness (QED) is 0.749. The number of aliphatic hydroxyl groups excluding tert-OH is 1. The summed E-state index contributed by atoms with van der Waals surface area (Å²) in [5.74, 6) is -0.0781. The van der Waals surface area contributed by atoms with Crippen molar-refractivity contribution in [2.75, 3.05) is 6.61 Å². The van der Waals surface area contributed by atoms with Gasteiger partial charge in [-0.2, -0.15) is 0 Å². The van der Waals surface area contributed by atoms with Gasteiger partial charge in [0, 0.05) is 0 Å². The molecule has 2 atom stereocenters. The van der Waals surface area contributed by atoms with Crippen LogP contribution in [-0.2, 0) is 4.79 Å². The Hall–Kier alpha value is -1.61. The predicted molar refractivity (Wildman–Crippen MR) is 61.7 cm³/mol. The van der Waals surface area contributed by atoms with Crippen LogP contribution in [-0.4, -0.2) is 17.6 Å². The van der Waals surface area contributed by atoms with Gasteiger partial charge in [0.1, 0.15) is 0 Å². The monoisotopic (exact) mass is 217 g/mol. The Kier molecular flexibility index (Phi) is 3.06. The van der Waals surface area contributed by atoms with Gasteiger partial charge in [-0.25, -0.2) is 0 Å². The van der Waals surface area contributed by atoms with Crippen LogP contribution in [0.3, 0.4) is 0 Å². The molecule has 1 aromatic carbocycles. The number of hydrogen-bond donors (Lipinski definition) is 2. The normalized spacial score (nSPS) is 20.3. The Morgan fingerprint density at radius 3 is 2.62 bits per heavy atom. The van der Waals surface area contributed by atoms with Crippen molar-refractivity contribution in [3.63, 3.8) is 0 Å². The molecule has 0 unspecified atom stereocenters. The second kappa shape index (κ2) is 4.49. The number of amides is 1. The first-order valence-electron chi connectivity index (χ1n) is 5.36. The SMILES string of the molecule is C=C1C[C@H]1C(=O)N[C@@H](CO)c1ccccc1. The van der Waals surface area contributed by atoms with Crippen LogP contribution in [0.25, 0.3) is 0 Å². The molecule has 2 N–H and O–H groups in total. The second-order valence-electron chi connectivity index (χ2n) is 4.07. The van der Waals surface area contributed by atoms with Crippen LogP contribution in [0.15, 0.2) is 42.5 Å². The molecule has 3 heteroatoms. The topological polar surface area (TPSA) is 49.3 Å². The summed E-state index contributed by atoms with van der Waals surface area (Å²) < 4.78 is 0. The molecule has 0 saturated heterocycles. The van der Waals surface area contributed by atoms with E-state index in [1.54, 1.807) is 0 Å². The summed E-state index contributed by atoms with van der Waals surface area (Å²) in [7, 11) is 0. The van der Waals surface area contributed by atoms with Gasteiger partial charge < -0.3 is 10.4 Å². The molecule has 0 aromatic heterocycles. The lowest BCUT2D eigenvalue weighted by atomic mass is 10.1. The van der Waals surface area contributed by atoms with Crippen molar-refractivity contribution < 1.29 is 9.90 Å². The highest BCUT2D eigenvalue weighted by molar-refractivity contribution is 5.86. The third-order valence-corrected chi connectivity index (χ3v) is 2.82. The van der Waals surface area contributed by atoms with Crippen molar-refractivity contribution in [3.05, 3.63) is 48.0 Å². The first-order valence-corrected chi connectivity index (χ1v) is 5.36.